The molecule has 0 aliphatic heterocycles. The predicted molar refractivity (Wildman–Crippen MR) is 61.0 cm³/mol. The third kappa shape index (κ3) is 1.42. The zero-order valence-electron chi connectivity index (χ0n) is 9.77. The van der Waals surface area contributed by atoms with Crippen LogP contribution >= 0.6 is 0 Å². The quantitative estimate of drug-likeness (QED) is 0.747. The van der Waals surface area contributed by atoms with Crippen molar-refractivity contribution >= 4 is 0 Å². The topological polar surface area (TPSA) is 28.7 Å². The highest BCUT2D eigenvalue weighted by atomic mass is 14.9. The van der Waals surface area contributed by atoms with Crippen LogP contribution in [0.3, 0.4) is 0 Å². The molecule has 0 amide bonds. The van der Waals surface area contributed by atoms with E-state index in [4.69, 9.17) is 4.98 Å². The van der Waals surface area contributed by atoms with E-state index in [-0.39, 0.29) is 0 Å². The number of aryl methyl sites for hydroxylation is 1. The Morgan fingerprint density at radius 3 is 2.67 bits per heavy atom. The van der Waals surface area contributed by atoms with Gasteiger partial charge in [0.25, 0.3) is 0 Å². The molecule has 2 nitrogen and oxygen atoms in total. The molecule has 0 unspecified atom stereocenters. The number of aromatic amines is 1. The Morgan fingerprint density at radius 2 is 2.07 bits per heavy atom. The Morgan fingerprint density at radius 1 is 1.27 bits per heavy atom. The summed E-state index contributed by atoms with van der Waals surface area (Å²) in [6.45, 7) is 4.42. The molecular formula is C13H20N2. The lowest BCUT2D eigenvalue weighted by molar-refractivity contribution is 0.109. The Hall–Kier alpha value is -0.790. The highest BCUT2D eigenvalue weighted by molar-refractivity contribution is 5.22. The van der Waals surface area contributed by atoms with Gasteiger partial charge in [-0.3, -0.25) is 0 Å². The van der Waals surface area contributed by atoms with Crippen molar-refractivity contribution in [3.63, 3.8) is 0 Å². The number of rotatable bonds is 1. The average Bonchev–Trinajstić information content (AvgIpc) is 2.57. The maximum Gasteiger partial charge on any atom is 0.109 e. The van der Waals surface area contributed by atoms with Crippen LogP contribution in [0.2, 0.25) is 0 Å². The third-order valence-electron chi connectivity index (χ3n) is 4.29. The van der Waals surface area contributed by atoms with Gasteiger partial charge in [-0.25, -0.2) is 4.98 Å². The van der Waals surface area contributed by atoms with Crippen LogP contribution in [0.5, 0.6) is 0 Å². The number of hydrogen-bond donors (Lipinski definition) is 1. The van der Waals surface area contributed by atoms with Crippen LogP contribution in [-0.4, -0.2) is 9.97 Å². The molecule has 1 fully saturated rings. The fourth-order valence-electron chi connectivity index (χ4n) is 3.04. The molecule has 1 aromatic rings. The second-order valence-electron chi connectivity index (χ2n) is 5.73. The molecule has 1 aromatic heterocycles. The molecule has 1 N–H and O–H groups in total. The fourth-order valence-corrected chi connectivity index (χ4v) is 3.04. The summed E-state index contributed by atoms with van der Waals surface area (Å²) in [5.74, 6) is 1.73. The molecular weight excluding hydrogens is 184 g/mol. The van der Waals surface area contributed by atoms with Crippen LogP contribution in [-0.2, 0) is 12.8 Å². The van der Waals surface area contributed by atoms with Crippen LogP contribution in [0.25, 0.3) is 0 Å². The normalized spacial score (nSPS) is 22.9. The van der Waals surface area contributed by atoms with E-state index in [2.05, 4.69) is 18.8 Å². The smallest absolute Gasteiger partial charge is 0.109 e. The van der Waals surface area contributed by atoms with Crippen molar-refractivity contribution in [2.24, 2.45) is 5.41 Å². The molecule has 0 atom stereocenters. The van der Waals surface area contributed by atoms with Crippen molar-refractivity contribution in [3.05, 3.63) is 17.2 Å². The van der Waals surface area contributed by atoms with E-state index < -0.39 is 0 Å². The molecule has 0 saturated heterocycles. The van der Waals surface area contributed by atoms with E-state index in [1.165, 1.54) is 55.7 Å². The number of fused-ring (bicyclic) bond motifs is 1. The molecule has 1 saturated carbocycles. The zero-order chi connectivity index (χ0) is 10.5. The summed E-state index contributed by atoms with van der Waals surface area (Å²) >= 11 is 0. The Labute approximate surface area is 91.5 Å². The lowest BCUT2D eigenvalue weighted by Gasteiger charge is -2.44. The number of nitrogens with one attached hydrogen (secondary N) is 1. The second kappa shape index (κ2) is 3.10. The van der Waals surface area contributed by atoms with Gasteiger partial charge < -0.3 is 4.98 Å². The van der Waals surface area contributed by atoms with Crippen molar-refractivity contribution in [1.82, 2.24) is 9.97 Å². The summed E-state index contributed by atoms with van der Waals surface area (Å²) in [5, 5.41) is 0. The molecule has 82 valence electrons. The standard InChI is InChI=1S/C13H20N2/c1-9(2)12-14-10-4-7-13(5-3-6-13)8-11(10)15-12/h9H,3-8H2,1-2H3,(H,14,15). The zero-order valence-corrected chi connectivity index (χ0v) is 9.77. The van der Waals surface area contributed by atoms with Crippen molar-refractivity contribution in [2.45, 2.75) is 58.3 Å². The SMILES string of the molecule is CC(C)c1nc2c([nH]1)CC1(CCC1)CC2. The van der Waals surface area contributed by atoms with Gasteiger partial charge in [-0.05, 0) is 37.5 Å². The third-order valence-corrected chi connectivity index (χ3v) is 4.29. The highest BCUT2D eigenvalue weighted by Crippen LogP contribution is 2.49. The molecule has 0 bridgehead atoms. The van der Waals surface area contributed by atoms with E-state index in [1.54, 1.807) is 0 Å². The van der Waals surface area contributed by atoms with Gasteiger partial charge in [0.1, 0.15) is 5.82 Å². The van der Waals surface area contributed by atoms with Crippen LogP contribution in [0.1, 0.15) is 62.7 Å². The van der Waals surface area contributed by atoms with Gasteiger partial charge >= 0.3 is 0 Å². The monoisotopic (exact) mass is 204 g/mol. The van der Waals surface area contributed by atoms with Crippen LogP contribution in [0.4, 0.5) is 0 Å². The largest absolute Gasteiger partial charge is 0.345 e. The summed E-state index contributed by atoms with van der Waals surface area (Å²) in [7, 11) is 0. The minimum atomic E-state index is 0.535. The lowest BCUT2D eigenvalue weighted by atomic mass is 9.61. The van der Waals surface area contributed by atoms with E-state index in [0.29, 0.717) is 11.3 Å². The minimum absolute atomic E-state index is 0.535. The van der Waals surface area contributed by atoms with Crippen LogP contribution in [0, 0.1) is 5.41 Å². The maximum absolute atomic E-state index is 4.72. The fraction of sp³-hybridized carbons (Fsp3) is 0.769. The van der Waals surface area contributed by atoms with E-state index in [1.807, 2.05) is 0 Å². The Kier molecular flexibility index (Phi) is 1.95. The van der Waals surface area contributed by atoms with E-state index in [9.17, 15) is 0 Å². The molecule has 1 spiro atoms. The molecule has 0 aromatic carbocycles. The summed E-state index contributed by atoms with van der Waals surface area (Å²) in [6, 6.07) is 0. The Balaban J connectivity index is 1.89. The summed E-state index contributed by atoms with van der Waals surface area (Å²) in [5.41, 5.74) is 3.48. The molecule has 2 aliphatic carbocycles. The van der Waals surface area contributed by atoms with Gasteiger partial charge in [-0.2, -0.15) is 0 Å². The van der Waals surface area contributed by atoms with Crippen LogP contribution < -0.4 is 0 Å². The molecule has 0 radical (unpaired) electrons. The number of imidazole rings is 1. The van der Waals surface area contributed by atoms with Crippen LogP contribution in [0.15, 0.2) is 0 Å². The van der Waals surface area contributed by atoms with Crippen molar-refractivity contribution in [2.75, 3.05) is 0 Å². The first kappa shape index (κ1) is 9.44. The average molecular weight is 204 g/mol. The van der Waals surface area contributed by atoms with Gasteiger partial charge in [-0.1, -0.05) is 20.3 Å². The number of nitrogens with zero attached hydrogens (tertiary/aromatic N) is 1. The van der Waals surface area contributed by atoms with E-state index >= 15 is 0 Å². The summed E-state index contributed by atoms with van der Waals surface area (Å²) < 4.78 is 0. The highest BCUT2D eigenvalue weighted by Gasteiger charge is 2.40. The number of H-pyrrole nitrogens is 1. The minimum Gasteiger partial charge on any atom is -0.345 e. The van der Waals surface area contributed by atoms with Gasteiger partial charge in [0.05, 0.1) is 5.69 Å². The van der Waals surface area contributed by atoms with Crippen molar-refractivity contribution in [3.8, 4) is 0 Å². The van der Waals surface area contributed by atoms with Gasteiger partial charge in [-0.15, -0.1) is 0 Å². The molecule has 1 heterocycles. The summed E-state index contributed by atoms with van der Waals surface area (Å²) in [6.07, 6.45) is 8.19. The van der Waals surface area contributed by atoms with Gasteiger partial charge in [0.15, 0.2) is 0 Å². The maximum atomic E-state index is 4.72. The first-order chi connectivity index (χ1) is 7.19. The van der Waals surface area contributed by atoms with Gasteiger partial charge in [0.2, 0.25) is 0 Å². The summed E-state index contributed by atoms with van der Waals surface area (Å²) in [4.78, 5) is 8.26. The van der Waals surface area contributed by atoms with Crippen molar-refractivity contribution < 1.29 is 0 Å². The second-order valence-corrected chi connectivity index (χ2v) is 5.73. The first-order valence-corrected chi connectivity index (χ1v) is 6.26. The molecule has 3 rings (SSSR count). The van der Waals surface area contributed by atoms with Crippen molar-refractivity contribution in [1.29, 1.82) is 0 Å². The molecule has 15 heavy (non-hydrogen) atoms. The van der Waals surface area contributed by atoms with E-state index in [0.717, 1.165) is 0 Å². The van der Waals surface area contributed by atoms with Gasteiger partial charge in [0, 0.05) is 11.6 Å². The number of hydrogen-bond acceptors (Lipinski definition) is 1. The first-order valence-electron chi connectivity index (χ1n) is 6.26. The Bertz CT molecular complexity index is 372. The lowest BCUT2D eigenvalue weighted by Crippen LogP contribution is -2.35. The molecule has 2 aliphatic rings. The molecule has 2 heteroatoms. The predicted octanol–water partition coefficient (Wildman–Crippen LogP) is 3.19. The number of aromatic nitrogens is 2.